The summed E-state index contributed by atoms with van der Waals surface area (Å²) < 4.78 is 5.62. The maximum Gasteiger partial charge on any atom is 0.255 e. The van der Waals surface area contributed by atoms with Crippen LogP contribution in [-0.4, -0.2) is 12.5 Å². The minimum absolute atomic E-state index is 0.127. The molecule has 0 aromatic heterocycles. The zero-order chi connectivity index (χ0) is 17.5. The molecule has 0 unspecified atom stereocenters. The van der Waals surface area contributed by atoms with Gasteiger partial charge in [-0.1, -0.05) is 20.3 Å². The lowest BCUT2D eigenvalue weighted by molar-refractivity contribution is 0.102. The average molecular weight is 326 g/mol. The molecule has 0 aliphatic carbocycles. The average Bonchev–Trinajstić information content (AvgIpc) is 2.57. The van der Waals surface area contributed by atoms with Crippen LogP contribution in [-0.2, 0) is 6.42 Å². The van der Waals surface area contributed by atoms with E-state index in [-0.39, 0.29) is 5.91 Å². The van der Waals surface area contributed by atoms with Crippen molar-refractivity contribution < 1.29 is 9.53 Å². The number of carbonyl (C=O) groups excluding carboxylic acids is 1. The summed E-state index contributed by atoms with van der Waals surface area (Å²) in [4.78, 5) is 12.5. The molecular weight excluding hydrogens is 300 g/mol. The first-order valence-corrected chi connectivity index (χ1v) is 8.48. The third-order valence-electron chi connectivity index (χ3n) is 3.94. The van der Waals surface area contributed by atoms with Crippen molar-refractivity contribution in [1.82, 2.24) is 0 Å². The SMILES string of the molecule is CCCCOc1ccc(C(=O)Nc2c(C)cc(N)cc2CC)cc1. The zero-order valence-electron chi connectivity index (χ0n) is 14.7. The Balaban J connectivity index is 2.10. The quantitative estimate of drug-likeness (QED) is 0.578. The number of rotatable bonds is 7. The van der Waals surface area contributed by atoms with E-state index < -0.39 is 0 Å². The van der Waals surface area contributed by atoms with Crippen molar-refractivity contribution >= 4 is 17.3 Å². The van der Waals surface area contributed by atoms with Crippen LogP contribution in [0.25, 0.3) is 0 Å². The second-order valence-electron chi connectivity index (χ2n) is 5.91. The van der Waals surface area contributed by atoms with Gasteiger partial charge in [-0.2, -0.15) is 0 Å². The molecule has 0 atom stereocenters. The van der Waals surface area contributed by atoms with E-state index in [2.05, 4.69) is 12.2 Å². The summed E-state index contributed by atoms with van der Waals surface area (Å²) in [6.07, 6.45) is 2.94. The second-order valence-corrected chi connectivity index (χ2v) is 5.91. The third kappa shape index (κ3) is 4.51. The molecule has 0 saturated heterocycles. The molecule has 128 valence electrons. The Morgan fingerprint density at radius 3 is 2.50 bits per heavy atom. The van der Waals surface area contributed by atoms with Crippen LogP contribution < -0.4 is 15.8 Å². The number of unbranched alkanes of at least 4 members (excludes halogenated alkanes) is 1. The molecule has 0 heterocycles. The lowest BCUT2D eigenvalue weighted by Crippen LogP contribution is -2.14. The Hall–Kier alpha value is -2.49. The molecule has 1 amide bonds. The van der Waals surface area contributed by atoms with Gasteiger partial charge in [-0.15, -0.1) is 0 Å². The molecule has 2 rings (SSSR count). The number of ether oxygens (including phenoxy) is 1. The van der Waals surface area contributed by atoms with E-state index in [1.165, 1.54) is 0 Å². The molecule has 2 aromatic rings. The summed E-state index contributed by atoms with van der Waals surface area (Å²) in [5, 5.41) is 3.01. The molecule has 0 saturated carbocycles. The number of aryl methyl sites for hydroxylation is 2. The van der Waals surface area contributed by atoms with Crippen LogP contribution in [0.4, 0.5) is 11.4 Å². The molecule has 24 heavy (non-hydrogen) atoms. The number of nitrogen functional groups attached to an aromatic ring is 1. The molecule has 4 nitrogen and oxygen atoms in total. The number of benzene rings is 2. The van der Waals surface area contributed by atoms with Crippen molar-refractivity contribution in [1.29, 1.82) is 0 Å². The van der Waals surface area contributed by atoms with E-state index in [0.717, 1.165) is 47.5 Å². The molecule has 3 N–H and O–H groups in total. The number of nitrogens with one attached hydrogen (secondary N) is 1. The van der Waals surface area contributed by atoms with Crippen molar-refractivity contribution in [2.45, 2.75) is 40.0 Å². The summed E-state index contributed by atoms with van der Waals surface area (Å²) in [5.41, 5.74) is 10.1. The van der Waals surface area contributed by atoms with Gasteiger partial charge in [-0.05, 0) is 67.3 Å². The van der Waals surface area contributed by atoms with E-state index in [1.807, 2.05) is 38.1 Å². The predicted molar refractivity (Wildman–Crippen MR) is 99.8 cm³/mol. The van der Waals surface area contributed by atoms with Crippen LogP contribution in [0.3, 0.4) is 0 Å². The van der Waals surface area contributed by atoms with Crippen LogP contribution in [0.1, 0.15) is 48.2 Å². The molecule has 0 bridgehead atoms. The van der Waals surface area contributed by atoms with Gasteiger partial charge in [0, 0.05) is 16.9 Å². The Bertz CT molecular complexity index is 694. The van der Waals surface area contributed by atoms with Gasteiger partial charge in [0.25, 0.3) is 5.91 Å². The number of amides is 1. The molecular formula is C20H26N2O2. The fraction of sp³-hybridized carbons (Fsp3) is 0.350. The lowest BCUT2D eigenvalue weighted by Gasteiger charge is -2.14. The van der Waals surface area contributed by atoms with Crippen LogP contribution in [0.15, 0.2) is 36.4 Å². The van der Waals surface area contributed by atoms with Crippen LogP contribution in [0.5, 0.6) is 5.75 Å². The maximum absolute atomic E-state index is 12.5. The molecule has 0 spiro atoms. The molecule has 0 aliphatic rings. The second kappa shape index (κ2) is 8.39. The Labute approximate surface area is 144 Å². The number of anilines is 2. The minimum Gasteiger partial charge on any atom is -0.494 e. The van der Waals surface area contributed by atoms with Gasteiger partial charge in [0.05, 0.1) is 6.61 Å². The number of nitrogens with two attached hydrogens (primary N) is 1. The number of hydrogen-bond donors (Lipinski definition) is 2. The predicted octanol–water partition coefficient (Wildman–Crippen LogP) is 4.57. The van der Waals surface area contributed by atoms with E-state index >= 15 is 0 Å². The van der Waals surface area contributed by atoms with Crippen molar-refractivity contribution in [2.24, 2.45) is 0 Å². The smallest absolute Gasteiger partial charge is 0.255 e. The highest BCUT2D eigenvalue weighted by Gasteiger charge is 2.12. The highest BCUT2D eigenvalue weighted by molar-refractivity contribution is 6.05. The van der Waals surface area contributed by atoms with Crippen LogP contribution in [0.2, 0.25) is 0 Å². The lowest BCUT2D eigenvalue weighted by atomic mass is 10.0. The van der Waals surface area contributed by atoms with Crippen molar-refractivity contribution in [3.05, 3.63) is 53.1 Å². The minimum atomic E-state index is -0.127. The fourth-order valence-corrected chi connectivity index (χ4v) is 2.57. The van der Waals surface area contributed by atoms with Gasteiger partial charge in [0.2, 0.25) is 0 Å². The molecule has 0 radical (unpaired) electrons. The Morgan fingerprint density at radius 1 is 1.17 bits per heavy atom. The van der Waals surface area contributed by atoms with Crippen molar-refractivity contribution in [2.75, 3.05) is 17.7 Å². The zero-order valence-corrected chi connectivity index (χ0v) is 14.7. The Kier molecular flexibility index (Phi) is 6.24. The number of carbonyl (C=O) groups is 1. The summed E-state index contributed by atoms with van der Waals surface area (Å²) in [5.74, 6) is 0.663. The van der Waals surface area contributed by atoms with E-state index in [9.17, 15) is 4.79 Å². The molecule has 4 heteroatoms. The van der Waals surface area contributed by atoms with Crippen LogP contribution in [0, 0.1) is 6.92 Å². The first-order chi connectivity index (χ1) is 11.5. The van der Waals surface area contributed by atoms with Gasteiger partial charge in [-0.3, -0.25) is 4.79 Å². The maximum atomic E-state index is 12.5. The largest absolute Gasteiger partial charge is 0.494 e. The standard InChI is InChI=1S/C20H26N2O2/c1-4-6-11-24-18-9-7-16(8-10-18)20(23)22-19-14(3)12-17(21)13-15(19)5-2/h7-10,12-13H,4-6,11,21H2,1-3H3,(H,22,23). The first kappa shape index (κ1) is 17.9. The number of hydrogen-bond acceptors (Lipinski definition) is 3. The van der Waals surface area contributed by atoms with E-state index in [4.69, 9.17) is 10.5 Å². The summed E-state index contributed by atoms with van der Waals surface area (Å²) in [6.45, 7) is 6.83. The van der Waals surface area contributed by atoms with E-state index in [1.54, 1.807) is 12.1 Å². The highest BCUT2D eigenvalue weighted by Crippen LogP contribution is 2.25. The monoisotopic (exact) mass is 326 g/mol. The molecule has 0 aliphatic heterocycles. The van der Waals surface area contributed by atoms with Crippen molar-refractivity contribution in [3.63, 3.8) is 0 Å². The summed E-state index contributed by atoms with van der Waals surface area (Å²) >= 11 is 0. The fourth-order valence-electron chi connectivity index (χ4n) is 2.57. The Morgan fingerprint density at radius 2 is 1.88 bits per heavy atom. The van der Waals surface area contributed by atoms with Gasteiger partial charge in [0.1, 0.15) is 5.75 Å². The third-order valence-corrected chi connectivity index (χ3v) is 3.94. The molecule has 2 aromatic carbocycles. The summed E-state index contributed by atoms with van der Waals surface area (Å²) in [6, 6.07) is 11.0. The molecule has 0 fully saturated rings. The topological polar surface area (TPSA) is 64.3 Å². The normalized spacial score (nSPS) is 10.5. The van der Waals surface area contributed by atoms with Crippen LogP contribution >= 0.6 is 0 Å². The van der Waals surface area contributed by atoms with Gasteiger partial charge in [-0.25, -0.2) is 0 Å². The first-order valence-electron chi connectivity index (χ1n) is 8.48. The van der Waals surface area contributed by atoms with Gasteiger partial charge < -0.3 is 15.8 Å². The summed E-state index contributed by atoms with van der Waals surface area (Å²) in [7, 11) is 0. The van der Waals surface area contributed by atoms with Crippen molar-refractivity contribution in [3.8, 4) is 5.75 Å². The highest BCUT2D eigenvalue weighted by atomic mass is 16.5. The van der Waals surface area contributed by atoms with Gasteiger partial charge in [0.15, 0.2) is 0 Å². The van der Waals surface area contributed by atoms with E-state index in [0.29, 0.717) is 12.2 Å². The van der Waals surface area contributed by atoms with Gasteiger partial charge >= 0.3 is 0 Å².